The first kappa shape index (κ1) is 28.4. The van der Waals surface area contributed by atoms with Crippen LogP contribution in [0.25, 0.3) is 0 Å². The fourth-order valence-corrected chi connectivity index (χ4v) is 5.23. The molecule has 6 heteroatoms. The van der Waals surface area contributed by atoms with Crippen LogP contribution in [-0.2, 0) is 23.8 Å². The Morgan fingerprint density at radius 1 is 1.09 bits per heavy atom. The highest BCUT2D eigenvalue weighted by atomic mass is 16.7. The molecule has 0 aliphatic carbocycles. The van der Waals surface area contributed by atoms with Crippen molar-refractivity contribution in [1.29, 1.82) is 0 Å². The van der Waals surface area contributed by atoms with Crippen LogP contribution >= 0.6 is 0 Å². The third kappa shape index (κ3) is 6.78. The molecule has 3 rings (SSSR count). The smallest absolute Gasteiger partial charge is 0.170 e. The van der Waals surface area contributed by atoms with Gasteiger partial charge < -0.3 is 18.9 Å². The van der Waals surface area contributed by atoms with Gasteiger partial charge in [0, 0.05) is 29.3 Å². The van der Waals surface area contributed by atoms with Crippen LogP contribution in [0.1, 0.15) is 81.1 Å². The molecule has 4 unspecified atom stereocenters. The van der Waals surface area contributed by atoms with Gasteiger partial charge in [-0.3, -0.25) is 4.84 Å². The van der Waals surface area contributed by atoms with Crippen LogP contribution in [0.3, 0.4) is 0 Å². The zero-order valence-corrected chi connectivity index (χ0v) is 23.4. The standard InChI is InChI=1S/C29H49NO5/c1-10-24(14-13-23(5)31-17-25-18-32-25)16-35-30-27(8,11-2)19-29(15-22(4)28(30,9)12-3)33-20-26(6,7)21-34-29/h10,13-14,22,25H,5,11-12,15-21H2,1-4,6-9H3/b14-13-,24-10+. The van der Waals surface area contributed by atoms with Gasteiger partial charge in [0.1, 0.15) is 18.5 Å². The van der Waals surface area contributed by atoms with Gasteiger partial charge in [0.05, 0.1) is 26.4 Å². The van der Waals surface area contributed by atoms with Gasteiger partial charge in [-0.2, -0.15) is 5.06 Å². The number of ether oxygens (including phenoxy) is 4. The summed E-state index contributed by atoms with van der Waals surface area (Å²) in [5.74, 6) is 0.388. The lowest BCUT2D eigenvalue weighted by Crippen LogP contribution is -2.59. The SMILES string of the molecule is C=C(/C=C\C(=C/C)CON1C(C)(CC)CC2(CC(C)C1(C)CC)OCC(C)(C)CO2)OCC1CO1. The molecule has 3 aliphatic heterocycles. The van der Waals surface area contributed by atoms with Gasteiger partial charge in [-0.15, -0.1) is 0 Å². The molecule has 0 radical (unpaired) electrons. The first-order valence-electron chi connectivity index (χ1n) is 13.4. The summed E-state index contributed by atoms with van der Waals surface area (Å²) in [5.41, 5.74) is 0.720. The first-order valence-corrected chi connectivity index (χ1v) is 13.4. The number of rotatable bonds is 10. The lowest BCUT2D eigenvalue weighted by Gasteiger charge is -2.51. The van der Waals surface area contributed by atoms with Crippen molar-refractivity contribution in [1.82, 2.24) is 5.06 Å². The first-order chi connectivity index (χ1) is 16.4. The molecule has 0 aromatic rings. The molecule has 0 amide bonds. The number of allylic oxidation sites excluding steroid dienone is 2. The molecule has 3 fully saturated rings. The predicted molar refractivity (Wildman–Crippen MR) is 140 cm³/mol. The highest BCUT2D eigenvalue weighted by Gasteiger charge is 2.57. The summed E-state index contributed by atoms with van der Waals surface area (Å²) in [7, 11) is 0. The lowest BCUT2D eigenvalue weighted by atomic mass is 9.80. The fraction of sp³-hybridized carbons (Fsp3) is 0.793. The van der Waals surface area contributed by atoms with Gasteiger partial charge >= 0.3 is 0 Å². The Labute approximate surface area is 213 Å². The second-order valence-electron chi connectivity index (χ2n) is 12.0. The van der Waals surface area contributed by atoms with Crippen LogP contribution in [0.4, 0.5) is 0 Å². The van der Waals surface area contributed by atoms with Gasteiger partial charge in [-0.1, -0.05) is 53.3 Å². The van der Waals surface area contributed by atoms with Gasteiger partial charge in [-0.05, 0) is 51.2 Å². The lowest BCUT2D eigenvalue weighted by molar-refractivity contribution is -0.321. The van der Waals surface area contributed by atoms with Crippen LogP contribution in [0.5, 0.6) is 0 Å². The number of epoxide rings is 1. The van der Waals surface area contributed by atoms with Crippen LogP contribution in [0.15, 0.2) is 36.1 Å². The molecule has 3 heterocycles. The number of hydrogen-bond acceptors (Lipinski definition) is 6. The predicted octanol–water partition coefficient (Wildman–Crippen LogP) is 6.19. The van der Waals surface area contributed by atoms with E-state index in [1.165, 1.54) is 0 Å². The van der Waals surface area contributed by atoms with E-state index in [4.69, 9.17) is 23.8 Å². The highest BCUT2D eigenvalue weighted by molar-refractivity contribution is 5.24. The van der Waals surface area contributed by atoms with Crippen LogP contribution in [0.2, 0.25) is 0 Å². The van der Waals surface area contributed by atoms with E-state index < -0.39 is 5.79 Å². The number of hydrogen-bond donors (Lipinski definition) is 0. The van der Waals surface area contributed by atoms with E-state index in [-0.39, 0.29) is 22.6 Å². The number of nitrogens with zero attached hydrogens (tertiary/aromatic N) is 1. The van der Waals surface area contributed by atoms with E-state index in [9.17, 15) is 0 Å². The molecular formula is C29H49NO5. The Hall–Kier alpha value is -1.18. The van der Waals surface area contributed by atoms with E-state index in [0.717, 1.165) is 51.1 Å². The third-order valence-electron chi connectivity index (χ3n) is 8.28. The third-order valence-corrected chi connectivity index (χ3v) is 8.28. The van der Waals surface area contributed by atoms with Crippen molar-refractivity contribution >= 4 is 0 Å². The van der Waals surface area contributed by atoms with Crippen molar-refractivity contribution in [2.24, 2.45) is 11.3 Å². The van der Waals surface area contributed by atoms with E-state index in [2.05, 4.69) is 66.2 Å². The van der Waals surface area contributed by atoms with Crippen LogP contribution in [0, 0.1) is 11.3 Å². The van der Waals surface area contributed by atoms with Crippen molar-refractivity contribution in [3.8, 4) is 0 Å². The average Bonchev–Trinajstić information content (AvgIpc) is 3.66. The van der Waals surface area contributed by atoms with E-state index in [0.29, 0.717) is 24.9 Å². The average molecular weight is 492 g/mol. The van der Waals surface area contributed by atoms with Crippen molar-refractivity contribution in [2.45, 2.75) is 104 Å². The highest BCUT2D eigenvalue weighted by Crippen LogP contribution is 2.50. The molecule has 200 valence electrons. The van der Waals surface area contributed by atoms with Crippen molar-refractivity contribution in [2.75, 3.05) is 33.0 Å². The Bertz CT molecular complexity index is 791. The monoisotopic (exact) mass is 491 g/mol. The molecule has 3 aliphatic rings. The van der Waals surface area contributed by atoms with Crippen molar-refractivity contribution < 1.29 is 23.8 Å². The van der Waals surface area contributed by atoms with E-state index in [1.807, 2.05) is 19.1 Å². The molecule has 0 aromatic carbocycles. The van der Waals surface area contributed by atoms with Crippen molar-refractivity contribution in [3.63, 3.8) is 0 Å². The number of hydroxylamine groups is 2. The van der Waals surface area contributed by atoms with E-state index >= 15 is 0 Å². The normalized spacial score (nSPS) is 35.3. The summed E-state index contributed by atoms with van der Waals surface area (Å²) < 4.78 is 24.0. The van der Waals surface area contributed by atoms with Gasteiger partial charge in [0.15, 0.2) is 5.79 Å². The van der Waals surface area contributed by atoms with E-state index in [1.54, 1.807) is 0 Å². The second kappa shape index (κ2) is 11.1. The van der Waals surface area contributed by atoms with Crippen molar-refractivity contribution in [3.05, 3.63) is 36.1 Å². The molecule has 6 nitrogen and oxygen atoms in total. The summed E-state index contributed by atoms with van der Waals surface area (Å²) in [6.45, 7) is 25.1. The largest absolute Gasteiger partial charge is 0.491 e. The Morgan fingerprint density at radius 2 is 1.74 bits per heavy atom. The maximum atomic E-state index is 6.73. The van der Waals surface area contributed by atoms with Crippen LogP contribution in [-0.4, -0.2) is 61.1 Å². The minimum absolute atomic E-state index is 0.0419. The molecular weight excluding hydrogens is 442 g/mol. The molecule has 0 N–H and O–H groups in total. The summed E-state index contributed by atoms with van der Waals surface area (Å²) in [6, 6.07) is 0. The topological polar surface area (TPSA) is 52.7 Å². The Balaban J connectivity index is 1.76. The summed E-state index contributed by atoms with van der Waals surface area (Å²) in [6.07, 6.45) is 9.79. The maximum absolute atomic E-state index is 6.73. The van der Waals surface area contributed by atoms with Gasteiger partial charge in [0.2, 0.25) is 0 Å². The maximum Gasteiger partial charge on any atom is 0.170 e. The second-order valence-corrected chi connectivity index (χ2v) is 12.0. The summed E-state index contributed by atoms with van der Waals surface area (Å²) in [5, 5.41) is 2.29. The zero-order valence-electron chi connectivity index (χ0n) is 23.4. The molecule has 0 saturated carbocycles. The van der Waals surface area contributed by atoms with Gasteiger partial charge in [0.25, 0.3) is 0 Å². The molecule has 35 heavy (non-hydrogen) atoms. The molecule has 1 spiro atoms. The fourth-order valence-electron chi connectivity index (χ4n) is 5.23. The van der Waals surface area contributed by atoms with Gasteiger partial charge in [-0.25, -0.2) is 0 Å². The molecule has 3 saturated heterocycles. The molecule has 4 atom stereocenters. The zero-order chi connectivity index (χ0) is 25.9. The minimum atomic E-state index is -0.572. The Kier molecular flexibility index (Phi) is 8.97. The summed E-state index contributed by atoms with van der Waals surface area (Å²) >= 11 is 0. The van der Waals surface area contributed by atoms with Crippen LogP contribution < -0.4 is 0 Å². The molecule has 0 aromatic heterocycles. The molecule has 0 bridgehead atoms. The minimum Gasteiger partial charge on any atom is -0.491 e. The Morgan fingerprint density at radius 3 is 2.29 bits per heavy atom. The summed E-state index contributed by atoms with van der Waals surface area (Å²) in [4.78, 5) is 6.73. The quantitative estimate of drug-likeness (QED) is 0.206.